The molecule has 0 bridgehead atoms. The highest BCUT2D eigenvalue weighted by atomic mass is 32.2. The predicted octanol–water partition coefficient (Wildman–Crippen LogP) is 5.53. The van der Waals surface area contributed by atoms with Crippen molar-refractivity contribution in [2.24, 2.45) is 0 Å². The summed E-state index contributed by atoms with van der Waals surface area (Å²) in [6.07, 6.45) is 4.72. The van der Waals surface area contributed by atoms with Crippen LogP contribution in [0.15, 0.2) is 48.5 Å². The average Bonchev–Trinajstić information content (AvgIpc) is 3.30. The number of halogens is 1. The molecule has 2 atom stereocenters. The first-order valence-electron chi connectivity index (χ1n) is 10.4. The molecule has 2 aliphatic heterocycles. The van der Waals surface area contributed by atoms with Crippen molar-refractivity contribution in [3.8, 4) is 5.75 Å². The lowest BCUT2D eigenvalue weighted by atomic mass is 10.2. The smallest absolute Gasteiger partial charge is 0.257 e. The number of amides is 1. The van der Waals surface area contributed by atoms with Gasteiger partial charge in [-0.1, -0.05) is 38.3 Å². The van der Waals surface area contributed by atoms with E-state index in [0.29, 0.717) is 16.6 Å². The number of hydrogen-bond donors (Lipinski definition) is 0. The van der Waals surface area contributed by atoms with Crippen LogP contribution in [0.25, 0.3) is 0 Å². The molecule has 4 nitrogen and oxygen atoms in total. The van der Waals surface area contributed by atoms with Gasteiger partial charge in [0, 0.05) is 5.75 Å². The molecule has 2 aromatic rings. The second kappa shape index (κ2) is 9.35. The van der Waals surface area contributed by atoms with Crippen LogP contribution >= 0.6 is 24.0 Å². The third-order valence-corrected chi connectivity index (χ3v) is 7.15. The van der Waals surface area contributed by atoms with Gasteiger partial charge >= 0.3 is 0 Å². The number of rotatable bonds is 8. The van der Waals surface area contributed by atoms with E-state index >= 15 is 0 Å². The number of hydrogen-bond acceptors (Lipinski definition) is 4. The summed E-state index contributed by atoms with van der Waals surface area (Å²) in [4.78, 5) is 16.5. The zero-order valence-corrected chi connectivity index (χ0v) is 18.6. The van der Waals surface area contributed by atoms with Crippen molar-refractivity contribution in [2.45, 2.75) is 44.0 Å². The lowest BCUT2D eigenvalue weighted by Crippen LogP contribution is -2.33. The minimum absolute atomic E-state index is 0.0181. The molecule has 0 spiro atoms. The minimum Gasteiger partial charge on any atom is -0.494 e. The van der Waals surface area contributed by atoms with Crippen LogP contribution in [0.5, 0.6) is 5.75 Å². The maximum atomic E-state index is 13.3. The van der Waals surface area contributed by atoms with E-state index in [1.165, 1.54) is 36.3 Å². The molecule has 30 heavy (non-hydrogen) atoms. The van der Waals surface area contributed by atoms with E-state index in [4.69, 9.17) is 17.0 Å². The molecule has 158 valence electrons. The molecule has 0 aromatic heterocycles. The maximum Gasteiger partial charge on any atom is 0.257 e. The molecule has 0 N–H and O–H groups in total. The fraction of sp³-hybridized carbons (Fsp3) is 0.391. The van der Waals surface area contributed by atoms with Gasteiger partial charge in [-0.3, -0.25) is 9.69 Å². The lowest BCUT2D eigenvalue weighted by Gasteiger charge is -2.25. The number of unbranched alkanes of at least 4 members (excludes halogenated alkanes) is 3. The summed E-state index contributed by atoms with van der Waals surface area (Å²) in [5.74, 6) is 1.16. The molecular formula is C23H25FN2O2S2. The number of benzene rings is 2. The summed E-state index contributed by atoms with van der Waals surface area (Å²) < 4.78 is 19.1. The Bertz CT molecular complexity index is 904. The van der Waals surface area contributed by atoms with Gasteiger partial charge in [0.25, 0.3) is 5.91 Å². The van der Waals surface area contributed by atoms with E-state index in [1.54, 1.807) is 23.9 Å². The highest BCUT2D eigenvalue weighted by molar-refractivity contribution is 7.99. The third-order valence-electron chi connectivity index (χ3n) is 5.43. The monoisotopic (exact) mass is 444 g/mol. The first kappa shape index (κ1) is 21.1. The molecule has 2 aromatic carbocycles. The molecule has 2 saturated heterocycles. The Morgan fingerprint density at radius 1 is 1.10 bits per heavy atom. The molecule has 0 aliphatic carbocycles. The number of thiocarbonyl (C=S) groups is 1. The third kappa shape index (κ3) is 4.18. The zero-order valence-electron chi connectivity index (χ0n) is 16.9. The summed E-state index contributed by atoms with van der Waals surface area (Å²) >= 11 is 7.38. The highest BCUT2D eigenvalue weighted by Gasteiger charge is 2.50. The minimum atomic E-state index is -0.335. The fourth-order valence-corrected chi connectivity index (χ4v) is 5.74. The second-order valence-electron chi connectivity index (χ2n) is 7.52. The van der Waals surface area contributed by atoms with E-state index in [1.807, 2.05) is 17.0 Å². The summed E-state index contributed by atoms with van der Waals surface area (Å²) in [5, 5.41) is 0.457. The SMILES string of the molecule is CCCCCCOc1ccc(C2SCC3C(=O)N(c4ccc(F)cc4)C(=S)N32)cc1. The molecule has 2 unspecified atom stereocenters. The van der Waals surface area contributed by atoms with Crippen molar-refractivity contribution in [1.82, 2.24) is 4.90 Å². The lowest BCUT2D eigenvalue weighted by molar-refractivity contribution is -0.119. The Hall–Kier alpha value is -2.12. The summed E-state index contributed by atoms with van der Waals surface area (Å²) in [6.45, 7) is 2.93. The first-order valence-corrected chi connectivity index (χ1v) is 11.8. The number of thioether (sulfide) groups is 1. The molecule has 0 saturated carbocycles. The second-order valence-corrected chi connectivity index (χ2v) is 9.00. The molecule has 7 heteroatoms. The van der Waals surface area contributed by atoms with Crippen molar-refractivity contribution >= 4 is 40.7 Å². The largest absolute Gasteiger partial charge is 0.494 e. The Balaban J connectivity index is 1.44. The molecule has 2 aliphatic rings. The molecular weight excluding hydrogens is 419 g/mol. The van der Waals surface area contributed by atoms with Crippen molar-refractivity contribution in [3.63, 3.8) is 0 Å². The van der Waals surface area contributed by atoms with Crippen molar-refractivity contribution in [2.75, 3.05) is 17.3 Å². The van der Waals surface area contributed by atoms with Crippen molar-refractivity contribution < 1.29 is 13.9 Å². The normalized spacial score (nSPS) is 20.7. The van der Waals surface area contributed by atoms with Gasteiger partial charge in [0.1, 0.15) is 23.0 Å². The number of ether oxygens (including phenoxy) is 1. The zero-order chi connectivity index (χ0) is 21.1. The van der Waals surface area contributed by atoms with E-state index in [-0.39, 0.29) is 23.1 Å². The number of fused-ring (bicyclic) bond motifs is 1. The summed E-state index contributed by atoms with van der Waals surface area (Å²) in [6, 6.07) is 13.7. The topological polar surface area (TPSA) is 32.8 Å². The number of carbonyl (C=O) groups is 1. The van der Waals surface area contributed by atoms with E-state index < -0.39 is 0 Å². The average molecular weight is 445 g/mol. The van der Waals surface area contributed by atoms with Gasteiger partial charge in [-0.25, -0.2) is 4.39 Å². The van der Waals surface area contributed by atoms with Crippen LogP contribution in [0.4, 0.5) is 10.1 Å². The summed E-state index contributed by atoms with van der Waals surface area (Å²) in [7, 11) is 0. The first-order chi connectivity index (χ1) is 14.6. The van der Waals surface area contributed by atoms with Gasteiger partial charge in [0.2, 0.25) is 0 Å². The standard InChI is InChI=1S/C23H25FN2O2S2/c1-2-3-4-5-14-28-19-12-6-16(7-13-19)22-26-20(15-30-22)21(27)25(23(26)29)18-10-8-17(24)9-11-18/h6-13,20,22H,2-5,14-15H2,1H3. The molecule has 2 fully saturated rings. The van der Waals surface area contributed by atoms with Crippen LogP contribution in [-0.2, 0) is 4.79 Å². The van der Waals surface area contributed by atoms with Crippen LogP contribution in [0.3, 0.4) is 0 Å². The van der Waals surface area contributed by atoms with E-state index in [0.717, 1.165) is 24.3 Å². The summed E-state index contributed by atoms with van der Waals surface area (Å²) in [5.41, 5.74) is 1.70. The van der Waals surface area contributed by atoms with Gasteiger partial charge in [0.15, 0.2) is 5.11 Å². The molecule has 1 amide bonds. The Morgan fingerprint density at radius 3 is 2.53 bits per heavy atom. The van der Waals surface area contributed by atoms with Gasteiger partial charge in [-0.15, -0.1) is 11.8 Å². The molecule has 0 radical (unpaired) electrons. The number of anilines is 1. The fourth-order valence-electron chi connectivity index (χ4n) is 3.82. The number of carbonyl (C=O) groups excluding carboxylic acids is 1. The van der Waals surface area contributed by atoms with Gasteiger partial charge in [-0.05, 0) is 60.6 Å². The highest BCUT2D eigenvalue weighted by Crippen LogP contribution is 2.46. The predicted molar refractivity (Wildman–Crippen MR) is 123 cm³/mol. The van der Waals surface area contributed by atoms with Crippen LogP contribution in [0, 0.1) is 5.82 Å². The molecule has 4 rings (SSSR count). The molecule has 2 heterocycles. The number of nitrogens with zero attached hydrogens (tertiary/aromatic N) is 2. The Kier molecular flexibility index (Phi) is 6.58. The maximum absolute atomic E-state index is 13.3. The Morgan fingerprint density at radius 2 is 1.83 bits per heavy atom. The van der Waals surface area contributed by atoms with Gasteiger partial charge in [-0.2, -0.15) is 0 Å². The van der Waals surface area contributed by atoms with Crippen LogP contribution < -0.4 is 9.64 Å². The van der Waals surface area contributed by atoms with Crippen LogP contribution in [0.2, 0.25) is 0 Å². The van der Waals surface area contributed by atoms with E-state index in [9.17, 15) is 9.18 Å². The van der Waals surface area contributed by atoms with Crippen molar-refractivity contribution in [1.29, 1.82) is 0 Å². The van der Waals surface area contributed by atoms with Crippen LogP contribution in [0.1, 0.15) is 43.5 Å². The van der Waals surface area contributed by atoms with Crippen molar-refractivity contribution in [3.05, 3.63) is 59.9 Å². The Labute approximate surface area is 186 Å². The van der Waals surface area contributed by atoms with E-state index in [2.05, 4.69) is 19.1 Å². The quantitative estimate of drug-likeness (QED) is 0.395. The van der Waals surface area contributed by atoms with Gasteiger partial charge in [0.05, 0.1) is 12.3 Å². The van der Waals surface area contributed by atoms with Crippen LogP contribution in [-0.4, -0.2) is 34.3 Å². The van der Waals surface area contributed by atoms with Gasteiger partial charge < -0.3 is 9.64 Å².